The Morgan fingerprint density at radius 1 is 0.885 bits per heavy atom. The van der Waals surface area contributed by atoms with Crippen LogP contribution in [0.1, 0.15) is 11.5 Å². The molecule has 130 valence electrons. The Labute approximate surface area is 152 Å². The number of hydrogen-bond acceptors (Lipinski definition) is 7. The molecule has 26 heavy (non-hydrogen) atoms. The van der Waals surface area contributed by atoms with E-state index in [4.69, 9.17) is 8.83 Å². The molecule has 0 aliphatic carbocycles. The van der Waals surface area contributed by atoms with E-state index in [1.165, 1.54) is 23.9 Å². The number of rotatable bonds is 5. The summed E-state index contributed by atoms with van der Waals surface area (Å²) in [4.78, 5) is 0. The minimum atomic E-state index is -0.315. The third-order valence-corrected chi connectivity index (χ3v) is 4.35. The Morgan fingerprint density at radius 3 is 2.46 bits per heavy atom. The quantitative estimate of drug-likeness (QED) is 0.479. The van der Waals surface area contributed by atoms with E-state index in [0.717, 1.165) is 11.1 Å². The molecule has 6 nitrogen and oxygen atoms in total. The highest BCUT2D eigenvalue weighted by Crippen LogP contribution is 2.27. The van der Waals surface area contributed by atoms with E-state index in [1.807, 2.05) is 31.2 Å². The summed E-state index contributed by atoms with van der Waals surface area (Å²) in [6, 6.07) is 13.7. The molecule has 0 saturated carbocycles. The highest BCUT2D eigenvalue weighted by atomic mass is 32.2. The zero-order chi connectivity index (χ0) is 17.9. The second-order valence-electron chi connectivity index (χ2n) is 5.54. The molecule has 0 bridgehead atoms. The Hall–Kier alpha value is -3.00. The molecule has 2 aromatic carbocycles. The molecule has 0 aliphatic heterocycles. The Morgan fingerprint density at radius 2 is 1.65 bits per heavy atom. The van der Waals surface area contributed by atoms with Crippen molar-refractivity contribution in [1.29, 1.82) is 0 Å². The minimum absolute atomic E-state index is 0.315. The number of benzene rings is 2. The molecule has 0 aliphatic rings. The van der Waals surface area contributed by atoms with E-state index in [-0.39, 0.29) is 5.82 Å². The van der Waals surface area contributed by atoms with Crippen LogP contribution in [0.2, 0.25) is 0 Å². The average Bonchev–Trinajstić information content (AvgIpc) is 3.30. The van der Waals surface area contributed by atoms with Gasteiger partial charge in [-0.3, -0.25) is 0 Å². The summed E-state index contributed by atoms with van der Waals surface area (Å²) in [7, 11) is 0. The van der Waals surface area contributed by atoms with Gasteiger partial charge in [0.2, 0.25) is 17.7 Å². The molecule has 4 aromatic rings. The highest BCUT2D eigenvalue weighted by Gasteiger charge is 2.13. The van der Waals surface area contributed by atoms with E-state index in [2.05, 4.69) is 20.4 Å². The van der Waals surface area contributed by atoms with Crippen molar-refractivity contribution in [1.82, 2.24) is 20.4 Å². The standard InChI is InChI=1S/C18H13FN4O2S/c1-11-3-2-4-13(9-11)17-22-23-18(25-17)26-10-15-20-21-16(24-15)12-5-7-14(19)8-6-12/h2-9H,10H2,1H3. The Bertz CT molecular complexity index is 1030. The van der Waals surface area contributed by atoms with E-state index < -0.39 is 0 Å². The molecule has 2 aromatic heterocycles. The van der Waals surface area contributed by atoms with Gasteiger partial charge in [0, 0.05) is 11.1 Å². The summed E-state index contributed by atoms with van der Waals surface area (Å²) in [6.07, 6.45) is 0. The second-order valence-corrected chi connectivity index (χ2v) is 6.47. The van der Waals surface area contributed by atoms with Gasteiger partial charge in [0.15, 0.2) is 0 Å². The summed E-state index contributed by atoms with van der Waals surface area (Å²) < 4.78 is 24.2. The monoisotopic (exact) mass is 368 g/mol. The first kappa shape index (κ1) is 16.5. The fourth-order valence-corrected chi connectivity index (χ4v) is 2.91. The molecule has 0 fully saturated rings. The van der Waals surface area contributed by atoms with Crippen LogP contribution in [0.25, 0.3) is 22.9 Å². The zero-order valence-corrected chi connectivity index (χ0v) is 14.5. The van der Waals surface area contributed by atoms with Gasteiger partial charge in [-0.1, -0.05) is 29.5 Å². The maximum atomic E-state index is 13.0. The normalized spacial score (nSPS) is 11.0. The van der Waals surface area contributed by atoms with Gasteiger partial charge >= 0.3 is 0 Å². The number of aromatic nitrogens is 4. The molecular weight excluding hydrogens is 355 g/mol. The van der Waals surface area contributed by atoms with Gasteiger partial charge in [0.05, 0.1) is 5.75 Å². The Kier molecular flexibility index (Phi) is 4.49. The summed E-state index contributed by atoms with van der Waals surface area (Å²) in [5.41, 5.74) is 2.66. The molecular formula is C18H13FN4O2S. The molecule has 0 saturated heterocycles. The van der Waals surface area contributed by atoms with Crippen LogP contribution in [0, 0.1) is 12.7 Å². The van der Waals surface area contributed by atoms with Crippen molar-refractivity contribution in [3.05, 3.63) is 65.8 Å². The van der Waals surface area contributed by atoms with Crippen LogP contribution in [-0.2, 0) is 5.75 Å². The van der Waals surface area contributed by atoms with Crippen molar-refractivity contribution in [3.63, 3.8) is 0 Å². The van der Waals surface area contributed by atoms with Crippen LogP contribution in [0.15, 0.2) is 62.6 Å². The third kappa shape index (κ3) is 3.65. The molecule has 0 amide bonds. The summed E-state index contributed by atoms with van der Waals surface area (Å²) >= 11 is 1.31. The number of halogens is 1. The first-order valence-electron chi connectivity index (χ1n) is 7.79. The SMILES string of the molecule is Cc1cccc(-c2nnc(SCc3nnc(-c4ccc(F)cc4)o3)o2)c1. The van der Waals surface area contributed by atoms with Crippen LogP contribution < -0.4 is 0 Å². The first-order chi connectivity index (χ1) is 12.7. The first-order valence-corrected chi connectivity index (χ1v) is 8.77. The van der Waals surface area contributed by atoms with Gasteiger partial charge in [-0.15, -0.1) is 20.4 Å². The Balaban J connectivity index is 1.43. The predicted octanol–water partition coefficient (Wildman–Crippen LogP) is 4.53. The number of nitrogens with zero attached hydrogens (tertiary/aromatic N) is 4. The molecule has 0 unspecified atom stereocenters. The van der Waals surface area contributed by atoms with Gasteiger partial charge in [-0.05, 0) is 43.3 Å². The lowest BCUT2D eigenvalue weighted by atomic mass is 10.1. The lowest BCUT2D eigenvalue weighted by molar-refractivity contribution is 0.464. The minimum Gasteiger partial charge on any atom is -0.420 e. The van der Waals surface area contributed by atoms with Crippen molar-refractivity contribution in [2.45, 2.75) is 17.9 Å². The van der Waals surface area contributed by atoms with Gasteiger partial charge in [-0.25, -0.2) is 4.39 Å². The zero-order valence-electron chi connectivity index (χ0n) is 13.7. The van der Waals surface area contributed by atoms with Crippen molar-refractivity contribution in [3.8, 4) is 22.9 Å². The molecule has 0 radical (unpaired) electrons. The van der Waals surface area contributed by atoms with E-state index in [9.17, 15) is 4.39 Å². The van der Waals surface area contributed by atoms with Gasteiger partial charge in [0.1, 0.15) is 5.82 Å². The number of aryl methyl sites for hydroxylation is 1. The molecule has 8 heteroatoms. The molecule has 2 heterocycles. The fourth-order valence-electron chi connectivity index (χ4n) is 2.31. The van der Waals surface area contributed by atoms with Crippen molar-refractivity contribution < 1.29 is 13.2 Å². The average molecular weight is 368 g/mol. The van der Waals surface area contributed by atoms with Crippen LogP contribution in [-0.4, -0.2) is 20.4 Å². The topological polar surface area (TPSA) is 77.8 Å². The van der Waals surface area contributed by atoms with Crippen LogP contribution in [0.3, 0.4) is 0 Å². The van der Waals surface area contributed by atoms with Crippen molar-refractivity contribution >= 4 is 11.8 Å². The van der Waals surface area contributed by atoms with E-state index >= 15 is 0 Å². The number of thioether (sulfide) groups is 1. The molecule has 4 rings (SSSR count). The lowest BCUT2D eigenvalue weighted by Crippen LogP contribution is -1.80. The molecule has 0 atom stereocenters. The predicted molar refractivity (Wildman–Crippen MR) is 93.7 cm³/mol. The van der Waals surface area contributed by atoms with Crippen molar-refractivity contribution in [2.24, 2.45) is 0 Å². The van der Waals surface area contributed by atoms with Crippen LogP contribution >= 0.6 is 11.8 Å². The lowest BCUT2D eigenvalue weighted by Gasteiger charge is -1.96. The smallest absolute Gasteiger partial charge is 0.277 e. The highest BCUT2D eigenvalue weighted by molar-refractivity contribution is 7.98. The van der Waals surface area contributed by atoms with E-state index in [0.29, 0.717) is 34.2 Å². The third-order valence-electron chi connectivity index (χ3n) is 3.55. The van der Waals surface area contributed by atoms with Gasteiger partial charge in [0.25, 0.3) is 5.22 Å². The molecule has 0 spiro atoms. The van der Waals surface area contributed by atoms with Crippen LogP contribution in [0.4, 0.5) is 4.39 Å². The number of hydrogen-bond donors (Lipinski definition) is 0. The summed E-state index contributed by atoms with van der Waals surface area (Å²) in [5, 5.41) is 16.5. The maximum Gasteiger partial charge on any atom is 0.277 e. The van der Waals surface area contributed by atoms with Crippen LogP contribution in [0.5, 0.6) is 0 Å². The summed E-state index contributed by atoms with van der Waals surface area (Å²) in [5.74, 6) is 1.30. The fraction of sp³-hybridized carbons (Fsp3) is 0.111. The molecule has 0 N–H and O–H groups in total. The van der Waals surface area contributed by atoms with E-state index in [1.54, 1.807) is 12.1 Å². The maximum absolute atomic E-state index is 13.0. The second kappa shape index (κ2) is 7.09. The van der Waals surface area contributed by atoms with Gasteiger partial charge < -0.3 is 8.83 Å². The largest absolute Gasteiger partial charge is 0.420 e. The van der Waals surface area contributed by atoms with Gasteiger partial charge in [-0.2, -0.15) is 0 Å². The summed E-state index contributed by atoms with van der Waals surface area (Å²) in [6.45, 7) is 2.00. The van der Waals surface area contributed by atoms with Crippen molar-refractivity contribution in [2.75, 3.05) is 0 Å².